The molecule has 102 valence electrons. The van der Waals surface area contributed by atoms with Gasteiger partial charge in [-0.15, -0.1) is 0 Å². The van der Waals surface area contributed by atoms with Crippen LogP contribution in [0.3, 0.4) is 0 Å². The summed E-state index contributed by atoms with van der Waals surface area (Å²) < 4.78 is 3.96. The average molecular weight is 270 g/mol. The van der Waals surface area contributed by atoms with E-state index in [4.69, 9.17) is 0 Å². The molecule has 0 saturated carbocycles. The minimum atomic E-state index is -0.369. The highest BCUT2D eigenvalue weighted by atomic mass is 16.6. The smallest absolute Gasteiger partial charge is 0.270 e. The van der Waals surface area contributed by atoms with Gasteiger partial charge in [0.2, 0.25) is 0 Å². The fraction of sp³-hybridized carbons (Fsp3) is 0.214. The Morgan fingerprint density at radius 3 is 2.85 bits per heavy atom. The van der Waals surface area contributed by atoms with Crippen LogP contribution in [0.1, 0.15) is 5.69 Å². The topological polar surface area (TPSA) is 65.9 Å². The van der Waals surface area contributed by atoms with Crippen LogP contribution in [0.5, 0.6) is 0 Å². The Kier molecular flexibility index (Phi) is 2.98. The van der Waals surface area contributed by atoms with Gasteiger partial charge in [-0.1, -0.05) is 0 Å². The maximum atomic E-state index is 10.8. The number of rotatable bonds is 4. The van der Waals surface area contributed by atoms with Crippen molar-refractivity contribution in [2.75, 3.05) is 0 Å². The van der Waals surface area contributed by atoms with Crippen LogP contribution in [0.4, 0.5) is 5.69 Å². The predicted octanol–water partition coefficient (Wildman–Crippen LogP) is 2.53. The van der Waals surface area contributed by atoms with Gasteiger partial charge in [-0.05, 0) is 18.2 Å². The Balaban J connectivity index is 1.85. The summed E-state index contributed by atoms with van der Waals surface area (Å²) in [7, 11) is 1.92. The predicted molar refractivity (Wildman–Crippen MR) is 75.5 cm³/mol. The molecule has 0 aliphatic carbocycles. The number of nitrogens with zero attached hydrogens (tertiary/aromatic N) is 4. The van der Waals surface area contributed by atoms with Gasteiger partial charge < -0.3 is 4.57 Å². The van der Waals surface area contributed by atoms with E-state index in [1.807, 2.05) is 30.1 Å². The quantitative estimate of drug-likeness (QED) is 0.540. The first-order valence-corrected chi connectivity index (χ1v) is 6.35. The van der Waals surface area contributed by atoms with E-state index in [0.29, 0.717) is 0 Å². The summed E-state index contributed by atoms with van der Waals surface area (Å²) >= 11 is 0. The molecule has 1 aromatic carbocycles. The number of fused-ring (bicyclic) bond motifs is 1. The lowest BCUT2D eigenvalue weighted by Crippen LogP contribution is -2.04. The van der Waals surface area contributed by atoms with Crippen molar-refractivity contribution in [3.8, 4) is 0 Å². The van der Waals surface area contributed by atoms with Gasteiger partial charge in [0.05, 0.1) is 4.92 Å². The maximum Gasteiger partial charge on any atom is 0.270 e. The lowest BCUT2D eigenvalue weighted by Gasteiger charge is -2.06. The number of nitro groups is 1. The van der Waals surface area contributed by atoms with Crippen molar-refractivity contribution in [1.82, 2.24) is 14.3 Å². The molecule has 0 amide bonds. The second-order valence-electron chi connectivity index (χ2n) is 4.71. The Morgan fingerprint density at radius 1 is 1.30 bits per heavy atom. The third-order valence-corrected chi connectivity index (χ3v) is 3.50. The summed E-state index contributed by atoms with van der Waals surface area (Å²) in [4.78, 5) is 10.4. The summed E-state index contributed by atoms with van der Waals surface area (Å²) in [5.41, 5.74) is 2.30. The molecule has 0 saturated heterocycles. The van der Waals surface area contributed by atoms with Gasteiger partial charge in [0, 0.05) is 61.1 Å². The minimum Gasteiger partial charge on any atom is -0.347 e. The summed E-state index contributed by atoms with van der Waals surface area (Å²) in [6, 6.07) is 8.86. The highest BCUT2D eigenvalue weighted by Gasteiger charge is 2.09. The Morgan fingerprint density at radius 2 is 2.15 bits per heavy atom. The van der Waals surface area contributed by atoms with Gasteiger partial charge in [-0.3, -0.25) is 14.8 Å². The number of aromatic nitrogens is 3. The number of hydrogen-bond acceptors (Lipinski definition) is 3. The van der Waals surface area contributed by atoms with Crippen molar-refractivity contribution in [1.29, 1.82) is 0 Å². The molecule has 2 aromatic heterocycles. The van der Waals surface area contributed by atoms with E-state index in [9.17, 15) is 10.1 Å². The molecule has 0 aliphatic rings. The van der Waals surface area contributed by atoms with Crippen LogP contribution < -0.4 is 0 Å². The maximum absolute atomic E-state index is 10.8. The normalized spacial score (nSPS) is 11.1. The van der Waals surface area contributed by atoms with E-state index in [1.165, 1.54) is 0 Å². The minimum absolute atomic E-state index is 0.127. The first kappa shape index (κ1) is 12.4. The van der Waals surface area contributed by atoms with Gasteiger partial charge in [0.1, 0.15) is 0 Å². The van der Waals surface area contributed by atoms with E-state index >= 15 is 0 Å². The van der Waals surface area contributed by atoms with Crippen LogP contribution in [-0.4, -0.2) is 19.3 Å². The first-order valence-electron chi connectivity index (χ1n) is 6.35. The van der Waals surface area contributed by atoms with Gasteiger partial charge in [0.15, 0.2) is 0 Å². The van der Waals surface area contributed by atoms with Crippen LogP contribution in [-0.2, 0) is 20.0 Å². The monoisotopic (exact) mass is 270 g/mol. The Labute approximate surface area is 115 Å². The highest BCUT2D eigenvalue weighted by molar-refractivity contribution is 5.82. The molecular weight excluding hydrogens is 256 g/mol. The lowest BCUT2D eigenvalue weighted by molar-refractivity contribution is -0.384. The van der Waals surface area contributed by atoms with Gasteiger partial charge in [-0.2, -0.15) is 5.10 Å². The molecule has 3 rings (SSSR count). The average Bonchev–Trinajstić information content (AvgIpc) is 3.02. The zero-order valence-electron chi connectivity index (χ0n) is 11.1. The fourth-order valence-corrected chi connectivity index (χ4v) is 2.38. The van der Waals surface area contributed by atoms with Crippen molar-refractivity contribution in [3.63, 3.8) is 0 Å². The van der Waals surface area contributed by atoms with Gasteiger partial charge in [0.25, 0.3) is 5.69 Å². The van der Waals surface area contributed by atoms with Crippen molar-refractivity contribution >= 4 is 16.6 Å². The largest absolute Gasteiger partial charge is 0.347 e. The molecule has 2 heterocycles. The number of nitro benzene ring substituents is 1. The SMILES string of the molecule is Cn1nccc1CCn1ccc2cc([N+](=O)[O-])ccc21. The van der Waals surface area contributed by atoms with Gasteiger partial charge >= 0.3 is 0 Å². The van der Waals surface area contributed by atoms with Crippen molar-refractivity contribution in [2.24, 2.45) is 7.05 Å². The fourth-order valence-electron chi connectivity index (χ4n) is 2.38. The number of benzene rings is 1. The zero-order valence-corrected chi connectivity index (χ0v) is 11.1. The number of non-ortho nitro benzene ring substituents is 1. The first-order chi connectivity index (χ1) is 9.65. The van der Waals surface area contributed by atoms with E-state index in [0.717, 1.165) is 29.6 Å². The standard InChI is InChI=1S/C14H14N4O2/c1-16-12(4-7-15-16)6-9-17-8-5-11-10-13(18(19)20)2-3-14(11)17/h2-5,7-8,10H,6,9H2,1H3. The van der Waals surface area contributed by atoms with Crippen LogP contribution >= 0.6 is 0 Å². The summed E-state index contributed by atoms with van der Waals surface area (Å²) in [6.45, 7) is 0.820. The summed E-state index contributed by atoms with van der Waals surface area (Å²) in [5, 5.41) is 15.8. The van der Waals surface area contributed by atoms with E-state index in [2.05, 4.69) is 9.67 Å². The summed E-state index contributed by atoms with van der Waals surface area (Å²) in [5.74, 6) is 0. The lowest BCUT2D eigenvalue weighted by atomic mass is 10.2. The Hall–Kier alpha value is -2.63. The van der Waals surface area contributed by atoms with Crippen molar-refractivity contribution in [3.05, 3.63) is 58.5 Å². The zero-order chi connectivity index (χ0) is 14.1. The molecule has 0 N–H and O–H groups in total. The molecule has 0 unspecified atom stereocenters. The highest BCUT2D eigenvalue weighted by Crippen LogP contribution is 2.22. The van der Waals surface area contributed by atoms with Crippen LogP contribution in [0, 0.1) is 10.1 Å². The molecule has 0 fully saturated rings. The summed E-state index contributed by atoms with van der Waals surface area (Å²) in [6.07, 6.45) is 4.62. The third-order valence-electron chi connectivity index (χ3n) is 3.50. The third kappa shape index (κ3) is 2.16. The van der Waals surface area contributed by atoms with Crippen molar-refractivity contribution < 1.29 is 4.92 Å². The molecule has 3 aromatic rings. The molecule has 6 nitrogen and oxygen atoms in total. The van der Waals surface area contributed by atoms with Crippen LogP contribution in [0.2, 0.25) is 0 Å². The van der Waals surface area contributed by atoms with Crippen LogP contribution in [0.15, 0.2) is 42.7 Å². The molecule has 0 spiro atoms. The molecule has 0 radical (unpaired) electrons. The number of hydrogen-bond donors (Lipinski definition) is 0. The van der Waals surface area contributed by atoms with Crippen molar-refractivity contribution in [2.45, 2.75) is 13.0 Å². The molecule has 0 aliphatic heterocycles. The van der Waals surface area contributed by atoms with Gasteiger partial charge in [-0.25, -0.2) is 0 Å². The van der Waals surface area contributed by atoms with E-state index in [-0.39, 0.29) is 10.6 Å². The Bertz CT molecular complexity index is 772. The second kappa shape index (κ2) is 4.80. The van der Waals surface area contributed by atoms with E-state index < -0.39 is 0 Å². The second-order valence-corrected chi connectivity index (χ2v) is 4.71. The molecule has 6 heteroatoms. The number of aryl methyl sites for hydroxylation is 3. The molecule has 0 bridgehead atoms. The molecular formula is C14H14N4O2. The van der Waals surface area contributed by atoms with Crippen LogP contribution in [0.25, 0.3) is 10.9 Å². The molecule has 0 atom stereocenters. The van der Waals surface area contributed by atoms with E-state index in [1.54, 1.807) is 24.4 Å². The molecule has 20 heavy (non-hydrogen) atoms.